The average Bonchev–Trinajstić information content (AvgIpc) is 3.49. The fourth-order valence-electron chi connectivity index (χ4n) is 5.82. The number of hydrogen-bond acceptors (Lipinski definition) is 2. The lowest BCUT2D eigenvalue weighted by Crippen LogP contribution is -2.34. The Bertz CT molecular complexity index is 1380. The van der Waals surface area contributed by atoms with Gasteiger partial charge in [0.25, 0.3) is 0 Å². The Labute approximate surface area is 202 Å². The summed E-state index contributed by atoms with van der Waals surface area (Å²) in [6.07, 6.45) is 5.88. The van der Waals surface area contributed by atoms with Crippen molar-refractivity contribution in [3.63, 3.8) is 0 Å². The highest BCUT2D eigenvalue weighted by Crippen LogP contribution is 2.47. The maximum Gasteiger partial charge on any atom is 0.123 e. The highest BCUT2D eigenvalue weighted by Gasteiger charge is 2.39. The minimum Gasteiger partial charge on any atom is -0.358 e. The summed E-state index contributed by atoms with van der Waals surface area (Å²) in [5.74, 6) is 2.15. The van der Waals surface area contributed by atoms with E-state index >= 15 is 0 Å². The first-order chi connectivity index (χ1) is 16.5. The van der Waals surface area contributed by atoms with Gasteiger partial charge in [0.1, 0.15) is 12.0 Å². The van der Waals surface area contributed by atoms with Crippen LogP contribution >= 0.6 is 0 Å². The van der Waals surface area contributed by atoms with Crippen LogP contribution in [0.15, 0.2) is 79.1 Å². The van der Waals surface area contributed by atoms with Gasteiger partial charge in [-0.1, -0.05) is 76.2 Å². The Morgan fingerprint density at radius 2 is 1.41 bits per heavy atom. The van der Waals surface area contributed by atoms with Gasteiger partial charge in [0, 0.05) is 36.8 Å². The van der Waals surface area contributed by atoms with Crippen LogP contribution in [-0.4, -0.2) is 22.7 Å². The van der Waals surface area contributed by atoms with Crippen LogP contribution in [0.5, 0.6) is 0 Å². The first kappa shape index (κ1) is 21.1. The van der Waals surface area contributed by atoms with Gasteiger partial charge in [-0.05, 0) is 52.3 Å². The number of fused-ring (bicyclic) bond motifs is 5. The van der Waals surface area contributed by atoms with Gasteiger partial charge in [0.2, 0.25) is 0 Å². The quantitative estimate of drug-likeness (QED) is 0.318. The lowest BCUT2D eigenvalue weighted by Gasteiger charge is -2.28. The lowest BCUT2D eigenvalue weighted by atomic mass is 9.88. The first-order valence-electron chi connectivity index (χ1n) is 12.5. The Morgan fingerprint density at radius 1 is 0.765 bits per heavy atom. The molecule has 0 N–H and O–H groups in total. The molecule has 1 unspecified atom stereocenters. The van der Waals surface area contributed by atoms with Crippen molar-refractivity contribution >= 4 is 16.7 Å². The molecule has 0 saturated heterocycles. The summed E-state index contributed by atoms with van der Waals surface area (Å²) in [4.78, 5) is 4.82. The van der Waals surface area contributed by atoms with E-state index in [-0.39, 0.29) is 0 Å². The molecule has 0 amide bonds. The third-order valence-electron chi connectivity index (χ3n) is 7.58. The average molecular weight is 448 g/mol. The maximum absolute atomic E-state index is 2.58. The summed E-state index contributed by atoms with van der Waals surface area (Å²) < 4.78 is 2.58. The van der Waals surface area contributed by atoms with Crippen molar-refractivity contribution in [3.8, 4) is 16.8 Å². The van der Waals surface area contributed by atoms with E-state index < -0.39 is 0 Å². The minimum atomic E-state index is 0.370. The van der Waals surface area contributed by atoms with Crippen LogP contribution in [-0.2, 0) is 6.42 Å². The molecule has 0 saturated carbocycles. The number of anilines is 1. The molecule has 3 heterocycles. The van der Waals surface area contributed by atoms with E-state index in [1.165, 1.54) is 50.2 Å². The van der Waals surface area contributed by atoms with Crippen LogP contribution < -0.4 is 4.90 Å². The molecule has 1 aromatic heterocycles. The fourth-order valence-corrected chi connectivity index (χ4v) is 5.82. The van der Waals surface area contributed by atoms with E-state index in [4.69, 9.17) is 0 Å². The van der Waals surface area contributed by atoms with Crippen LogP contribution in [0.3, 0.4) is 0 Å². The largest absolute Gasteiger partial charge is 0.358 e. The first-order valence-corrected chi connectivity index (χ1v) is 12.5. The topological polar surface area (TPSA) is 11.4 Å². The van der Waals surface area contributed by atoms with E-state index in [1.54, 1.807) is 0 Å². The van der Waals surface area contributed by atoms with Crippen molar-refractivity contribution in [3.05, 3.63) is 95.8 Å². The number of hydrogen-bond donors (Lipinski definition) is 0. The van der Waals surface area contributed by atoms with E-state index in [0.717, 1.165) is 6.42 Å². The zero-order valence-electron chi connectivity index (χ0n) is 20.8. The summed E-state index contributed by atoms with van der Waals surface area (Å²) in [6.45, 7) is 9.32. The molecule has 172 valence electrons. The number of likely N-dealkylation sites (N-methyl/N-ethyl adjacent to an activating group) is 1. The van der Waals surface area contributed by atoms with Crippen molar-refractivity contribution in [1.29, 1.82) is 0 Å². The maximum atomic E-state index is 2.58. The molecule has 0 fully saturated rings. The van der Waals surface area contributed by atoms with Crippen LogP contribution in [0, 0.1) is 0 Å². The molecule has 34 heavy (non-hydrogen) atoms. The van der Waals surface area contributed by atoms with Crippen molar-refractivity contribution in [2.45, 2.75) is 52.1 Å². The van der Waals surface area contributed by atoms with Crippen LogP contribution in [0.25, 0.3) is 27.7 Å². The summed E-state index contributed by atoms with van der Waals surface area (Å²) in [6, 6.07) is 24.6. The van der Waals surface area contributed by atoms with Gasteiger partial charge in [-0.15, -0.1) is 0 Å². The number of aromatic nitrogens is 1. The van der Waals surface area contributed by atoms with E-state index in [2.05, 4.69) is 128 Å². The van der Waals surface area contributed by atoms with Gasteiger partial charge < -0.3 is 9.80 Å². The third-order valence-corrected chi connectivity index (χ3v) is 7.58. The highest BCUT2D eigenvalue weighted by molar-refractivity contribution is 5.95. The van der Waals surface area contributed by atoms with Crippen molar-refractivity contribution < 1.29 is 0 Å². The van der Waals surface area contributed by atoms with Gasteiger partial charge in [0.15, 0.2) is 0 Å². The van der Waals surface area contributed by atoms with Crippen molar-refractivity contribution in [2.24, 2.45) is 0 Å². The smallest absolute Gasteiger partial charge is 0.123 e. The highest BCUT2D eigenvalue weighted by atomic mass is 15.4. The molecule has 6 rings (SSSR count). The SMILES string of the molecule is CC(C)c1cc(-c2ccccc2)cc(C(C)C)c1-n1c2c(c3ccccc31)CC1N(C)C=CN21. The molecular formula is C31H33N3. The van der Waals surface area contributed by atoms with Gasteiger partial charge in [0.05, 0.1) is 11.2 Å². The van der Waals surface area contributed by atoms with Crippen LogP contribution in [0.4, 0.5) is 5.82 Å². The molecule has 0 radical (unpaired) electrons. The van der Waals surface area contributed by atoms with E-state index in [9.17, 15) is 0 Å². The molecule has 3 aromatic carbocycles. The molecule has 1 atom stereocenters. The Balaban J connectivity index is 1.69. The molecule has 3 heteroatoms. The zero-order valence-corrected chi connectivity index (χ0v) is 20.8. The summed E-state index contributed by atoms with van der Waals surface area (Å²) in [5.41, 5.74) is 9.56. The standard InChI is InChI=1S/C31H33N3/c1-20(2)25-17-23(22-11-7-6-8-12-22)18-26(21(3)4)30(25)34-28-14-10-9-13-24(28)27-19-29-32(5)15-16-33(29)31(27)34/h6-18,20-21,29H,19H2,1-5H3. The number of benzene rings is 3. The van der Waals surface area contributed by atoms with Gasteiger partial charge in [-0.25, -0.2) is 0 Å². The second kappa shape index (κ2) is 7.80. The molecule has 0 bridgehead atoms. The Morgan fingerprint density at radius 3 is 2.09 bits per heavy atom. The summed E-state index contributed by atoms with van der Waals surface area (Å²) >= 11 is 0. The van der Waals surface area contributed by atoms with E-state index in [0.29, 0.717) is 18.0 Å². The minimum absolute atomic E-state index is 0.370. The Kier molecular flexibility index (Phi) is 4.84. The molecule has 2 aliphatic heterocycles. The molecular weight excluding hydrogens is 414 g/mol. The summed E-state index contributed by atoms with van der Waals surface area (Å²) in [5, 5.41) is 1.38. The van der Waals surface area contributed by atoms with Crippen LogP contribution in [0.1, 0.15) is 56.2 Å². The predicted octanol–water partition coefficient (Wildman–Crippen LogP) is 7.65. The lowest BCUT2D eigenvalue weighted by molar-refractivity contribution is 0.368. The van der Waals surface area contributed by atoms with Gasteiger partial charge in [-0.2, -0.15) is 0 Å². The molecule has 2 aliphatic rings. The number of nitrogens with zero attached hydrogens (tertiary/aromatic N) is 3. The summed E-state index contributed by atoms with van der Waals surface area (Å²) in [7, 11) is 2.19. The molecule has 4 aromatic rings. The van der Waals surface area contributed by atoms with Crippen molar-refractivity contribution in [2.75, 3.05) is 11.9 Å². The predicted molar refractivity (Wildman–Crippen MR) is 144 cm³/mol. The van der Waals surface area contributed by atoms with Gasteiger partial charge in [-0.3, -0.25) is 4.57 Å². The Hall–Kier alpha value is -3.46. The molecule has 0 aliphatic carbocycles. The van der Waals surface area contributed by atoms with Crippen molar-refractivity contribution in [1.82, 2.24) is 9.47 Å². The molecule has 0 spiro atoms. The number of para-hydroxylation sites is 1. The monoisotopic (exact) mass is 447 g/mol. The third kappa shape index (κ3) is 3.03. The number of rotatable bonds is 4. The van der Waals surface area contributed by atoms with Crippen LogP contribution in [0.2, 0.25) is 0 Å². The normalized spacial score (nSPS) is 16.9. The molecule has 3 nitrogen and oxygen atoms in total. The second-order valence-corrected chi connectivity index (χ2v) is 10.4. The van der Waals surface area contributed by atoms with E-state index in [1.807, 2.05) is 0 Å². The fraction of sp³-hybridized carbons (Fsp3) is 0.290. The van der Waals surface area contributed by atoms with Gasteiger partial charge >= 0.3 is 0 Å². The second-order valence-electron chi connectivity index (χ2n) is 10.4. The zero-order chi connectivity index (χ0) is 23.6.